The molecule has 6 heteroatoms. The fraction of sp³-hybridized carbons (Fsp3) is 0.211. The first-order valence-corrected chi connectivity index (χ1v) is 8.44. The van der Waals surface area contributed by atoms with Crippen LogP contribution in [-0.2, 0) is 6.54 Å². The zero-order valence-electron chi connectivity index (χ0n) is 14.5. The fourth-order valence-corrected chi connectivity index (χ4v) is 2.78. The lowest BCUT2D eigenvalue weighted by Crippen LogP contribution is -2.37. The number of pyridine rings is 1. The van der Waals surface area contributed by atoms with E-state index in [9.17, 15) is 0 Å². The summed E-state index contributed by atoms with van der Waals surface area (Å²) in [5.41, 5.74) is 9.02. The molecule has 128 valence electrons. The Labute approximate surface area is 147 Å². The smallest absolute Gasteiger partial charge is 0.299 e. The summed E-state index contributed by atoms with van der Waals surface area (Å²) < 4.78 is 1.96. The molecule has 0 fully saturated rings. The van der Waals surface area contributed by atoms with Gasteiger partial charge in [-0.2, -0.15) is 5.10 Å². The topological polar surface area (TPSA) is 83.0 Å². The summed E-state index contributed by atoms with van der Waals surface area (Å²) in [6, 6.07) is 12.0. The second-order valence-corrected chi connectivity index (χ2v) is 5.58. The van der Waals surface area contributed by atoms with E-state index in [1.165, 1.54) is 0 Å². The molecule has 0 aliphatic heterocycles. The maximum atomic E-state index is 6.14. The second kappa shape index (κ2) is 7.61. The van der Waals surface area contributed by atoms with Crippen molar-refractivity contribution >= 4 is 40.6 Å². The van der Waals surface area contributed by atoms with Gasteiger partial charge < -0.3 is 11.1 Å². The van der Waals surface area contributed by atoms with Crippen LogP contribution in [-0.4, -0.2) is 23.0 Å². The molecular weight excluding hydrogens is 312 g/mol. The molecule has 25 heavy (non-hydrogen) atoms. The molecule has 0 amide bonds. The Morgan fingerprint density at radius 1 is 1.28 bits per heavy atom. The Kier molecular flexibility index (Phi) is 5.09. The van der Waals surface area contributed by atoms with E-state index in [4.69, 9.17) is 5.73 Å². The third-order valence-corrected chi connectivity index (χ3v) is 3.92. The SMILES string of the molecule is CCNc1cc(N)[n+](CC)c2n[nH]c(N=C/C=C/c3ccccc3)c12. The minimum Gasteiger partial charge on any atom is -0.384 e. The minimum absolute atomic E-state index is 0.678. The lowest BCUT2D eigenvalue weighted by atomic mass is 10.2. The summed E-state index contributed by atoms with van der Waals surface area (Å²) in [6.07, 6.45) is 5.69. The molecular formula is C19H23N6+. The van der Waals surface area contributed by atoms with Crippen LogP contribution in [0.25, 0.3) is 17.1 Å². The van der Waals surface area contributed by atoms with Crippen molar-refractivity contribution < 1.29 is 4.57 Å². The molecule has 4 N–H and O–H groups in total. The summed E-state index contributed by atoms with van der Waals surface area (Å²) >= 11 is 0. The third-order valence-electron chi connectivity index (χ3n) is 3.92. The molecule has 0 spiro atoms. The first kappa shape index (κ1) is 16.7. The van der Waals surface area contributed by atoms with Gasteiger partial charge in [0, 0.05) is 18.8 Å². The molecule has 3 rings (SSSR count). The molecule has 0 bridgehead atoms. The van der Waals surface area contributed by atoms with Crippen LogP contribution in [0.1, 0.15) is 19.4 Å². The van der Waals surface area contributed by atoms with Gasteiger partial charge in [-0.05, 0) is 30.6 Å². The van der Waals surface area contributed by atoms with Gasteiger partial charge in [0.05, 0.1) is 12.2 Å². The molecule has 1 aromatic carbocycles. The molecule has 0 unspecified atom stereocenters. The van der Waals surface area contributed by atoms with Crippen molar-refractivity contribution in [3.8, 4) is 0 Å². The number of nitrogens with two attached hydrogens (primary N) is 1. The number of anilines is 2. The number of hydrogen-bond acceptors (Lipinski definition) is 4. The van der Waals surface area contributed by atoms with Crippen LogP contribution in [0.2, 0.25) is 0 Å². The Bertz CT molecular complexity index is 909. The molecule has 0 atom stereocenters. The minimum atomic E-state index is 0.678. The van der Waals surface area contributed by atoms with Crippen molar-refractivity contribution in [3.05, 3.63) is 48.0 Å². The number of hydrogen-bond donors (Lipinski definition) is 3. The van der Waals surface area contributed by atoms with Gasteiger partial charge in [-0.25, -0.2) is 9.56 Å². The highest BCUT2D eigenvalue weighted by Gasteiger charge is 2.20. The Morgan fingerprint density at radius 3 is 2.80 bits per heavy atom. The monoisotopic (exact) mass is 335 g/mol. The molecule has 2 heterocycles. The Hall–Kier alpha value is -3.15. The molecule has 2 aromatic heterocycles. The number of fused-ring (bicyclic) bond motifs is 1. The zero-order chi connectivity index (χ0) is 17.6. The average molecular weight is 335 g/mol. The van der Waals surface area contributed by atoms with Crippen molar-refractivity contribution in [1.82, 2.24) is 10.2 Å². The fourth-order valence-electron chi connectivity index (χ4n) is 2.78. The van der Waals surface area contributed by atoms with Gasteiger partial charge in [-0.1, -0.05) is 36.4 Å². The molecule has 3 aromatic rings. The predicted octanol–water partition coefficient (Wildman–Crippen LogP) is 3.30. The number of H-pyrrole nitrogens is 1. The summed E-state index contributed by atoms with van der Waals surface area (Å²) in [5.74, 6) is 1.39. The van der Waals surface area contributed by atoms with Crippen LogP contribution < -0.4 is 15.6 Å². The van der Waals surface area contributed by atoms with Gasteiger partial charge in [0.15, 0.2) is 5.82 Å². The van der Waals surface area contributed by atoms with Crippen molar-refractivity contribution in [2.45, 2.75) is 20.4 Å². The number of aromatic amines is 1. The number of nitrogens with one attached hydrogen (secondary N) is 2. The van der Waals surface area contributed by atoms with Crippen LogP contribution in [0.4, 0.5) is 17.3 Å². The summed E-state index contributed by atoms with van der Waals surface area (Å²) in [4.78, 5) is 4.53. The molecule has 0 aliphatic rings. The average Bonchev–Trinajstić information content (AvgIpc) is 3.04. The predicted molar refractivity (Wildman–Crippen MR) is 104 cm³/mol. The molecule has 0 radical (unpaired) electrons. The van der Waals surface area contributed by atoms with Gasteiger partial charge in [-0.15, -0.1) is 0 Å². The van der Waals surface area contributed by atoms with Crippen molar-refractivity contribution in [2.75, 3.05) is 17.6 Å². The van der Waals surface area contributed by atoms with Gasteiger partial charge in [0.25, 0.3) is 5.65 Å². The highest BCUT2D eigenvalue weighted by atomic mass is 15.2. The number of rotatable bonds is 6. The summed E-state index contributed by atoms with van der Waals surface area (Å²) in [7, 11) is 0. The number of benzene rings is 1. The number of aliphatic imine (C=N–C) groups is 1. The van der Waals surface area contributed by atoms with E-state index >= 15 is 0 Å². The molecule has 0 saturated carbocycles. The number of aryl methyl sites for hydroxylation is 1. The van der Waals surface area contributed by atoms with E-state index < -0.39 is 0 Å². The van der Waals surface area contributed by atoms with Crippen LogP contribution in [0.5, 0.6) is 0 Å². The summed E-state index contributed by atoms with van der Waals surface area (Å²) in [6.45, 7) is 5.64. The van der Waals surface area contributed by atoms with Gasteiger partial charge in [-0.3, -0.25) is 0 Å². The van der Waals surface area contributed by atoms with E-state index in [0.29, 0.717) is 11.6 Å². The molecule has 6 nitrogen and oxygen atoms in total. The normalized spacial score (nSPS) is 11.8. The Morgan fingerprint density at radius 2 is 2.08 bits per heavy atom. The highest BCUT2D eigenvalue weighted by molar-refractivity contribution is 5.98. The largest absolute Gasteiger partial charge is 0.384 e. The van der Waals surface area contributed by atoms with E-state index in [2.05, 4.69) is 27.4 Å². The van der Waals surface area contributed by atoms with E-state index in [1.54, 1.807) is 6.21 Å². The third kappa shape index (κ3) is 3.52. The lowest BCUT2D eigenvalue weighted by Gasteiger charge is -2.08. The van der Waals surface area contributed by atoms with Crippen molar-refractivity contribution in [2.24, 2.45) is 4.99 Å². The van der Waals surface area contributed by atoms with Crippen LogP contribution in [0, 0.1) is 0 Å². The number of nitrogens with zero attached hydrogens (tertiary/aromatic N) is 3. The maximum absolute atomic E-state index is 6.14. The number of allylic oxidation sites excluding steroid dienone is 1. The van der Waals surface area contributed by atoms with E-state index in [0.717, 1.165) is 35.4 Å². The number of nitrogen functional groups attached to an aromatic ring is 1. The maximum Gasteiger partial charge on any atom is 0.299 e. The molecule has 0 saturated heterocycles. The molecule has 0 aliphatic carbocycles. The first-order valence-electron chi connectivity index (χ1n) is 8.44. The van der Waals surface area contributed by atoms with Crippen molar-refractivity contribution in [3.63, 3.8) is 0 Å². The van der Waals surface area contributed by atoms with Crippen LogP contribution >= 0.6 is 0 Å². The van der Waals surface area contributed by atoms with Gasteiger partial charge in [0.1, 0.15) is 5.39 Å². The highest BCUT2D eigenvalue weighted by Crippen LogP contribution is 2.30. The van der Waals surface area contributed by atoms with Crippen LogP contribution in [0.3, 0.4) is 0 Å². The zero-order valence-corrected chi connectivity index (χ0v) is 14.5. The standard InChI is InChI=1S/C19H22N6/c1-3-21-15-13-16(20)25(4-2)19-17(15)18(23-24-19)22-12-8-11-14-9-6-5-7-10-14/h5-13H,3-4H2,1-2H3,(H3,20,21,23,24)/p+1/b11-8+,22-12?. The van der Waals surface area contributed by atoms with Crippen LogP contribution in [0.15, 0.2) is 47.5 Å². The van der Waals surface area contributed by atoms with E-state index in [1.807, 2.05) is 60.0 Å². The first-order chi connectivity index (χ1) is 12.2. The van der Waals surface area contributed by atoms with Gasteiger partial charge >= 0.3 is 0 Å². The Balaban J connectivity index is 1.96. The van der Waals surface area contributed by atoms with Gasteiger partial charge in [0.2, 0.25) is 5.82 Å². The van der Waals surface area contributed by atoms with E-state index in [-0.39, 0.29) is 0 Å². The quantitative estimate of drug-likeness (QED) is 0.477. The van der Waals surface area contributed by atoms with Crippen molar-refractivity contribution in [1.29, 1.82) is 0 Å². The summed E-state index contributed by atoms with van der Waals surface area (Å²) in [5, 5.41) is 11.7. The number of aromatic nitrogens is 3. The second-order valence-electron chi connectivity index (χ2n) is 5.58. The lowest BCUT2D eigenvalue weighted by molar-refractivity contribution is -0.655.